The van der Waals surface area contributed by atoms with E-state index in [1.807, 2.05) is 24.3 Å². The molecule has 0 saturated carbocycles. The molecule has 19 heavy (non-hydrogen) atoms. The molecule has 104 valence electrons. The summed E-state index contributed by atoms with van der Waals surface area (Å²) in [5, 5.41) is 0. The van der Waals surface area contributed by atoms with Gasteiger partial charge in [-0.15, -0.1) is 0 Å². The Morgan fingerprint density at radius 2 is 2.05 bits per heavy atom. The van der Waals surface area contributed by atoms with Crippen molar-refractivity contribution in [2.75, 3.05) is 7.11 Å². The van der Waals surface area contributed by atoms with Crippen LogP contribution in [0.25, 0.3) is 6.08 Å². The van der Waals surface area contributed by atoms with Gasteiger partial charge < -0.3 is 9.47 Å². The lowest BCUT2D eigenvalue weighted by Crippen LogP contribution is -2.13. The van der Waals surface area contributed by atoms with E-state index in [1.165, 1.54) is 12.8 Å². The maximum absolute atomic E-state index is 6.01. The minimum absolute atomic E-state index is 0.0392. The van der Waals surface area contributed by atoms with Gasteiger partial charge in [-0.3, -0.25) is 0 Å². The molecule has 0 amide bonds. The van der Waals surface area contributed by atoms with Gasteiger partial charge in [-0.2, -0.15) is 0 Å². The quantitative estimate of drug-likeness (QED) is 0.466. The average Bonchev–Trinajstić information content (AvgIpc) is 2.46. The van der Waals surface area contributed by atoms with Crippen LogP contribution >= 0.6 is 0 Å². The summed E-state index contributed by atoms with van der Waals surface area (Å²) in [6.45, 7) is 9.86. The van der Waals surface area contributed by atoms with Crippen LogP contribution in [0.15, 0.2) is 37.4 Å². The van der Waals surface area contributed by atoms with E-state index >= 15 is 0 Å². The van der Waals surface area contributed by atoms with Crippen molar-refractivity contribution in [1.29, 1.82) is 0 Å². The molecule has 1 aromatic carbocycles. The first-order valence-electron chi connectivity index (χ1n) is 6.84. The fourth-order valence-corrected chi connectivity index (χ4v) is 1.90. The normalized spacial score (nSPS) is 11.7. The van der Waals surface area contributed by atoms with Crippen molar-refractivity contribution in [1.82, 2.24) is 0 Å². The first-order valence-corrected chi connectivity index (χ1v) is 6.84. The first kappa shape index (κ1) is 15.4. The van der Waals surface area contributed by atoms with E-state index in [2.05, 4.69) is 20.1 Å². The molecule has 0 aliphatic heterocycles. The number of ether oxygens (including phenoxy) is 2. The lowest BCUT2D eigenvalue weighted by Gasteiger charge is -2.17. The number of benzene rings is 1. The van der Waals surface area contributed by atoms with Crippen molar-refractivity contribution in [3.05, 3.63) is 43.0 Å². The molecule has 0 saturated heterocycles. The summed E-state index contributed by atoms with van der Waals surface area (Å²) in [5.74, 6) is 1.59. The number of unbranched alkanes of at least 4 members (excludes halogenated alkanes) is 2. The Kier molecular flexibility index (Phi) is 6.80. The largest absolute Gasteiger partial charge is 0.497 e. The standard InChI is InChI=1S/C17H24O2/c1-5-8-9-10-15(7-3)19-17-13-16(18-4)12-11-14(17)6-2/h6-7,11-13,15H,2-3,5,8-10H2,1,4H3/t15-/m0/s1. The third-order valence-corrected chi connectivity index (χ3v) is 3.07. The molecule has 2 nitrogen and oxygen atoms in total. The Morgan fingerprint density at radius 3 is 2.63 bits per heavy atom. The lowest BCUT2D eigenvalue weighted by atomic mass is 10.1. The molecular weight excluding hydrogens is 236 g/mol. The summed E-state index contributed by atoms with van der Waals surface area (Å²) >= 11 is 0. The molecule has 0 N–H and O–H groups in total. The van der Waals surface area contributed by atoms with Crippen LogP contribution in [0.3, 0.4) is 0 Å². The van der Waals surface area contributed by atoms with Crippen molar-refractivity contribution < 1.29 is 9.47 Å². The fraction of sp³-hybridized carbons (Fsp3) is 0.412. The monoisotopic (exact) mass is 260 g/mol. The average molecular weight is 260 g/mol. The van der Waals surface area contributed by atoms with E-state index in [4.69, 9.17) is 9.47 Å². The van der Waals surface area contributed by atoms with Gasteiger partial charge in [0.15, 0.2) is 0 Å². The first-order chi connectivity index (χ1) is 9.24. The second-order valence-corrected chi connectivity index (χ2v) is 4.50. The molecule has 1 aromatic rings. The molecule has 0 heterocycles. The van der Waals surface area contributed by atoms with Crippen molar-refractivity contribution in [2.24, 2.45) is 0 Å². The minimum Gasteiger partial charge on any atom is -0.497 e. The Balaban J connectivity index is 2.76. The molecule has 2 heteroatoms. The molecule has 0 aromatic heterocycles. The fourth-order valence-electron chi connectivity index (χ4n) is 1.90. The summed E-state index contributed by atoms with van der Waals surface area (Å²) < 4.78 is 11.2. The highest BCUT2D eigenvalue weighted by Crippen LogP contribution is 2.27. The van der Waals surface area contributed by atoms with Crippen LogP contribution in [0.2, 0.25) is 0 Å². The Labute approximate surface area is 116 Å². The van der Waals surface area contributed by atoms with Gasteiger partial charge in [0.25, 0.3) is 0 Å². The van der Waals surface area contributed by atoms with Gasteiger partial charge in [-0.25, -0.2) is 0 Å². The van der Waals surface area contributed by atoms with Crippen LogP contribution in [0.1, 0.15) is 38.2 Å². The van der Waals surface area contributed by atoms with Gasteiger partial charge in [0.1, 0.15) is 17.6 Å². The van der Waals surface area contributed by atoms with Gasteiger partial charge in [0, 0.05) is 11.6 Å². The van der Waals surface area contributed by atoms with Gasteiger partial charge in [0.2, 0.25) is 0 Å². The summed E-state index contributed by atoms with van der Waals surface area (Å²) in [5.41, 5.74) is 0.975. The van der Waals surface area contributed by atoms with Gasteiger partial charge in [-0.05, 0) is 25.0 Å². The predicted molar refractivity (Wildman–Crippen MR) is 81.8 cm³/mol. The molecule has 1 atom stereocenters. The van der Waals surface area contributed by atoms with Crippen LogP contribution in [-0.4, -0.2) is 13.2 Å². The zero-order valence-electron chi connectivity index (χ0n) is 12.0. The number of rotatable bonds is 9. The topological polar surface area (TPSA) is 18.5 Å². The Bertz CT molecular complexity index is 410. The molecular formula is C17H24O2. The minimum atomic E-state index is 0.0392. The third-order valence-electron chi connectivity index (χ3n) is 3.07. The molecule has 1 rings (SSSR count). The summed E-state index contributed by atoms with van der Waals surface area (Å²) in [6.07, 6.45) is 8.27. The smallest absolute Gasteiger partial charge is 0.131 e. The number of hydrogen-bond acceptors (Lipinski definition) is 2. The van der Waals surface area contributed by atoms with Crippen molar-refractivity contribution in [3.63, 3.8) is 0 Å². The van der Waals surface area contributed by atoms with Crippen LogP contribution in [0.4, 0.5) is 0 Å². The van der Waals surface area contributed by atoms with E-state index in [-0.39, 0.29) is 6.10 Å². The second kappa shape index (κ2) is 8.41. The summed E-state index contributed by atoms with van der Waals surface area (Å²) in [7, 11) is 1.65. The van der Waals surface area contributed by atoms with Crippen LogP contribution in [0.5, 0.6) is 11.5 Å². The summed E-state index contributed by atoms with van der Waals surface area (Å²) in [6, 6.07) is 5.75. The molecule has 0 radical (unpaired) electrons. The Hall–Kier alpha value is -1.70. The van der Waals surface area contributed by atoms with E-state index in [1.54, 1.807) is 13.2 Å². The van der Waals surface area contributed by atoms with E-state index in [0.29, 0.717) is 0 Å². The van der Waals surface area contributed by atoms with Gasteiger partial charge in [0.05, 0.1) is 7.11 Å². The van der Waals surface area contributed by atoms with Crippen molar-refractivity contribution in [3.8, 4) is 11.5 Å². The molecule has 0 bridgehead atoms. The lowest BCUT2D eigenvalue weighted by molar-refractivity contribution is 0.232. The van der Waals surface area contributed by atoms with Crippen molar-refractivity contribution in [2.45, 2.75) is 38.7 Å². The number of hydrogen-bond donors (Lipinski definition) is 0. The summed E-state index contributed by atoms with van der Waals surface area (Å²) in [4.78, 5) is 0. The molecule has 0 spiro atoms. The second-order valence-electron chi connectivity index (χ2n) is 4.50. The molecule has 0 fully saturated rings. The SMILES string of the molecule is C=Cc1ccc(OC)cc1O[C@@H](C=C)CCCCC. The maximum Gasteiger partial charge on any atom is 0.131 e. The van der Waals surface area contributed by atoms with Gasteiger partial charge >= 0.3 is 0 Å². The Morgan fingerprint density at radius 1 is 1.26 bits per heavy atom. The van der Waals surface area contributed by atoms with Crippen molar-refractivity contribution >= 4 is 6.08 Å². The highest BCUT2D eigenvalue weighted by molar-refractivity contribution is 5.57. The highest BCUT2D eigenvalue weighted by Gasteiger charge is 2.09. The molecule has 0 aliphatic rings. The van der Waals surface area contributed by atoms with Crippen LogP contribution in [-0.2, 0) is 0 Å². The van der Waals surface area contributed by atoms with E-state index < -0.39 is 0 Å². The molecule has 0 aliphatic carbocycles. The molecule has 0 unspecified atom stereocenters. The van der Waals surface area contributed by atoms with E-state index in [9.17, 15) is 0 Å². The highest BCUT2D eigenvalue weighted by atomic mass is 16.5. The predicted octanol–water partition coefficient (Wildman–Crippen LogP) is 4.85. The van der Waals surface area contributed by atoms with E-state index in [0.717, 1.165) is 29.9 Å². The maximum atomic E-state index is 6.01. The third kappa shape index (κ3) is 4.82. The van der Waals surface area contributed by atoms with Crippen LogP contribution < -0.4 is 9.47 Å². The zero-order chi connectivity index (χ0) is 14.1. The van der Waals surface area contributed by atoms with Crippen LogP contribution in [0, 0.1) is 0 Å². The number of methoxy groups -OCH3 is 1. The van der Waals surface area contributed by atoms with Gasteiger partial charge in [-0.1, -0.05) is 45.1 Å². The zero-order valence-corrected chi connectivity index (χ0v) is 12.0.